The highest BCUT2D eigenvalue weighted by Crippen LogP contribution is 2.26. The van der Waals surface area contributed by atoms with Gasteiger partial charge < -0.3 is 10.8 Å². The average Bonchev–Trinajstić information content (AvgIpc) is 2.77. The first-order chi connectivity index (χ1) is 9.29. The number of hydrogen-bond acceptors (Lipinski definition) is 3. The molecule has 0 saturated heterocycles. The van der Waals surface area contributed by atoms with Crippen LogP contribution in [0.2, 0.25) is 0 Å². The van der Waals surface area contributed by atoms with Crippen molar-refractivity contribution in [2.45, 2.75) is 47.0 Å². The number of benzene rings is 1. The van der Waals surface area contributed by atoms with Gasteiger partial charge >= 0.3 is 0 Å². The first-order valence-corrected chi connectivity index (χ1v) is 6.95. The Kier molecular flexibility index (Phi) is 4.82. The number of aryl methyl sites for hydroxylation is 1. The minimum absolute atomic E-state index is 0.0495. The van der Waals surface area contributed by atoms with Gasteiger partial charge in [0.2, 0.25) is 0 Å². The second-order valence-corrected chi connectivity index (χ2v) is 5.59. The second kappa shape index (κ2) is 5.99. The maximum atomic E-state index is 9.74. The van der Waals surface area contributed by atoms with Crippen LogP contribution in [0.15, 0.2) is 24.3 Å². The number of aromatic nitrogens is 2. The Balaban J connectivity index is 0.000000956. The van der Waals surface area contributed by atoms with E-state index in [9.17, 15) is 5.11 Å². The summed E-state index contributed by atoms with van der Waals surface area (Å²) in [5.74, 6) is 0.822. The van der Waals surface area contributed by atoms with Crippen LogP contribution >= 0.6 is 0 Å². The van der Waals surface area contributed by atoms with Gasteiger partial charge in [-0.3, -0.25) is 0 Å². The van der Waals surface area contributed by atoms with Crippen molar-refractivity contribution in [3.8, 4) is 11.4 Å². The van der Waals surface area contributed by atoms with Gasteiger partial charge in [-0.15, -0.1) is 0 Å². The van der Waals surface area contributed by atoms with Crippen molar-refractivity contribution >= 4 is 5.82 Å². The number of nitrogens with two attached hydrogens (primary N) is 1. The molecule has 1 aromatic heterocycles. The number of aromatic hydroxyl groups is 1. The lowest BCUT2D eigenvalue weighted by Gasteiger charge is -2.14. The zero-order chi connectivity index (χ0) is 15.5. The fourth-order valence-corrected chi connectivity index (χ4v) is 1.70. The predicted octanol–water partition coefficient (Wildman–Crippen LogP) is 3.79. The standard InChI is InChI=1S/C14H19N3O.C2H6/c1-9-5-6-10(7-11(9)18)17-13(15)8-12(16-17)14(2,3)4;1-2/h5-8,18H,15H2,1-4H3;1-2H3. The smallest absolute Gasteiger partial charge is 0.127 e. The molecule has 4 heteroatoms. The van der Waals surface area contributed by atoms with Crippen LogP contribution in [0.25, 0.3) is 5.69 Å². The van der Waals surface area contributed by atoms with Crippen molar-refractivity contribution < 1.29 is 5.11 Å². The molecule has 0 unspecified atom stereocenters. The number of rotatable bonds is 1. The summed E-state index contributed by atoms with van der Waals surface area (Å²) in [6.45, 7) is 12.1. The number of anilines is 1. The Hall–Kier alpha value is -1.97. The molecule has 2 rings (SSSR count). The van der Waals surface area contributed by atoms with Gasteiger partial charge in [0.15, 0.2) is 0 Å². The van der Waals surface area contributed by atoms with Crippen LogP contribution in [0.3, 0.4) is 0 Å². The maximum Gasteiger partial charge on any atom is 0.127 e. The summed E-state index contributed by atoms with van der Waals surface area (Å²) >= 11 is 0. The summed E-state index contributed by atoms with van der Waals surface area (Å²) in [6.07, 6.45) is 0. The number of hydrogen-bond donors (Lipinski definition) is 2. The van der Waals surface area contributed by atoms with Crippen LogP contribution in [-0.4, -0.2) is 14.9 Å². The fourth-order valence-electron chi connectivity index (χ4n) is 1.70. The van der Waals surface area contributed by atoms with Crippen LogP contribution < -0.4 is 5.73 Å². The highest BCUT2D eigenvalue weighted by atomic mass is 16.3. The van der Waals surface area contributed by atoms with Gasteiger partial charge in [-0.2, -0.15) is 5.10 Å². The molecule has 0 atom stereocenters. The van der Waals surface area contributed by atoms with Crippen molar-refractivity contribution in [1.82, 2.24) is 9.78 Å². The molecular weight excluding hydrogens is 250 g/mol. The van der Waals surface area contributed by atoms with Crippen LogP contribution in [0.1, 0.15) is 45.9 Å². The zero-order valence-electron chi connectivity index (χ0n) is 13.2. The van der Waals surface area contributed by atoms with Gasteiger partial charge in [-0.25, -0.2) is 4.68 Å². The van der Waals surface area contributed by atoms with Crippen LogP contribution in [0, 0.1) is 6.92 Å². The van der Waals surface area contributed by atoms with Crippen LogP contribution in [0.4, 0.5) is 5.82 Å². The van der Waals surface area contributed by atoms with E-state index in [1.807, 2.05) is 39.0 Å². The molecule has 0 aliphatic rings. The Labute approximate surface area is 121 Å². The molecule has 0 spiro atoms. The Bertz CT molecular complexity index is 580. The van der Waals surface area contributed by atoms with Gasteiger partial charge in [0.05, 0.1) is 11.4 Å². The summed E-state index contributed by atoms with van der Waals surface area (Å²) in [4.78, 5) is 0. The summed E-state index contributed by atoms with van der Waals surface area (Å²) in [6, 6.07) is 7.29. The van der Waals surface area contributed by atoms with E-state index < -0.39 is 0 Å². The molecule has 110 valence electrons. The molecule has 0 aliphatic carbocycles. The largest absolute Gasteiger partial charge is 0.508 e. The Morgan fingerprint density at radius 2 is 1.75 bits per heavy atom. The van der Waals surface area contributed by atoms with Crippen LogP contribution in [0.5, 0.6) is 5.75 Å². The number of phenols is 1. The molecule has 1 heterocycles. The molecule has 4 nitrogen and oxygen atoms in total. The van der Waals surface area contributed by atoms with E-state index in [1.165, 1.54) is 0 Å². The topological polar surface area (TPSA) is 64.1 Å². The Morgan fingerprint density at radius 3 is 2.20 bits per heavy atom. The molecule has 0 saturated carbocycles. The minimum atomic E-state index is -0.0495. The highest BCUT2D eigenvalue weighted by Gasteiger charge is 2.19. The van der Waals surface area contributed by atoms with Gasteiger partial charge in [-0.05, 0) is 18.6 Å². The summed E-state index contributed by atoms with van der Waals surface area (Å²) in [5.41, 5.74) is 8.46. The van der Waals surface area contributed by atoms with E-state index in [4.69, 9.17) is 5.73 Å². The molecular formula is C16H25N3O. The second-order valence-electron chi connectivity index (χ2n) is 5.59. The van der Waals surface area contributed by atoms with E-state index in [2.05, 4.69) is 25.9 Å². The summed E-state index contributed by atoms with van der Waals surface area (Å²) in [7, 11) is 0. The van der Waals surface area contributed by atoms with Gasteiger partial charge in [0.25, 0.3) is 0 Å². The normalized spacial score (nSPS) is 10.9. The molecule has 0 fully saturated rings. The van der Waals surface area contributed by atoms with Crippen molar-refractivity contribution in [2.24, 2.45) is 0 Å². The number of nitrogen functional groups attached to an aromatic ring is 1. The third-order valence-corrected chi connectivity index (χ3v) is 2.94. The highest BCUT2D eigenvalue weighted by molar-refractivity contribution is 5.48. The molecule has 0 aliphatic heterocycles. The molecule has 0 radical (unpaired) electrons. The molecule has 20 heavy (non-hydrogen) atoms. The monoisotopic (exact) mass is 275 g/mol. The lowest BCUT2D eigenvalue weighted by molar-refractivity contribution is 0.470. The Morgan fingerprint density at radius 1 is 1.15 bits per heavy atom. The molecule has 2 aromatic rings. The van der Waals surface area contributed by atoms with E-state index in [-0.39, 0.29) is 11.2 Å². The summed E-state index contributed by atoms with van der Waals surface area (Å²) in [5, 5.41) is 14.2. The molecule has 1 aromatic carbocycles. The first kappa shape index (κ1) is 16.1. The lowest BCUT2D eigenvalue weighted by Crippen LogP contribution is -2.12. The van der Waals surface area contributed by atoms with E-state index >= 15 is 0 Å². The maximum absolute atomic E-state index is 9.74. The zero-order valence-corrected chi connectivity index (χ0v) is 13.2. The average molecular weight is 275 g/mol. The van der Waals surface area contributed by atoms with Crippen LogP contribution in [-0.2, 0) is 5.41 Å². The number of nitrogens with zero attached hydrogens (tertiary/aromatic N) is 2. The predicted molar refractivity (Wildman–Crippen MR) is 84.4 cm³/mol. The van der Waals surface area contributed by atoms with E-state index in [0.29, 0.717) is 5.82 Å². The molecule has 3 N–H and O–H groups in total. The quantitative estimate of drug-likeness (QED) is 0.832. The van der Waals surface area contributed by atoms with Gasteiger partial charge in [0, 0.05) is 17.5 Å². The van der Waals surface area contributed by atoms with Crippen molar-refractivity contribution in [2.75, 3.05) is 5.73 Å². The van der Waals surface area contributed by atoms with Crippen molar-refractivity contribution in [3.63, 3.8) is 0 Å². The fraction of sp³-hybridized carbons (Fsp3) is 0.438. The van der Waals surface area contributed by atoms with Crippen molar-refractivity contribution in [1.29, 1.82) is 0 Å². The lowest BCUT2D eigenvalue weighted by atomic mass is 9.92. The van der Waals surface area contributed by atoms with E-state index in [1.54, 1.807) is 10.7 Å². The van der Waals surface area contributed by atoms with Crippen molar-refractivity contribution in [3.05, 3.63) is 35.5 Å². The summed E-state index contributed by atoms with van der Waals surface area (Å²) < 4.78 is 1.65. The first-order valence-electron chi connectivity index (χ1n) is 6.95. The third kappa shape index (κ3) is 3.32. The third-order valence-electron chi connectivity index (χ3n) is 2.94. The van der Waals surface area contributed by atoms with Gasteiger partial charge in [0.1, 0.15) is 11.6 Å². The molecule has 0 bridgehead atoms. The SMILES string of the molecule is CC.Cc1ccc(-n2nc(C(C)(C)C)cc2N)cc1O. The van der Waals surface area contributed by atoms with Gasteiger partial charge in [-0.1, -0.05) is 40.7 Å². The number of phenolic OH excluding ortho intramolecular Hbond substituents is 1. The van der Waals surface area contributed by atoms with E-state index in [0.717, 1.165) is 16.9 Å². The minimum Gasteiger partial charge on any atom is -0.508 e. The molecule has 0 amide bonds.